The van der Waals surface area contributed by atoms with Crippen LogP contribution in [-0.4, -0.2) is 43.6 Å². The third-order valence-corrected chi connectivity index (χ3v) is 4.25. The van der Waals surface area contributed by atoms with Crippen LogP contribution in [0, 0.1) is 0 Å². The van der Waals surface area contributed by atoms with E-state index >= 15 is 0 Å². The zero-order valence-electron chi connectivity index (χ0n) is 12.9. The Bertz CT molecular complexity index is 475. The fourth-order valence-electron chi connectivity index (χ4n) is 2.58. The topological polar surface area (TPSA) is 39.7 Å². The Balaban J connectivity index is 1.91. The van der Waals surface area contributed by atoms with Crippen molar-refractivity contribution in [1.82, 2.24) is 15.5 Å². The van der Waals surface area contributed by atoms with E-state index in [0.29, 0.717) is 12.6 Å². The van der Waals surface area contributed by atoms with Crippen LogP contribution in [0.4, 0.5) is 0 Å². The summed E-state index contributed by atoms with van der Waals surface area (Å²) in [5.74, 6) is 0.859. The Hall–Kier alpha value is -1.26. The molecule has 0 aromatic heterocycles. The van der Waals surface area contributed by atoms with E-state index in [1.54, 1.807) is 0 Å². The molecular weight excluding hydrogens is 284 g/mol. The number of aliphatic imine (C=N–C) groups is 1. The number of benzene rings is 1. The predicted molar refractivity (Wildman–Crippen MR) is 89.9 cm³/mol. The van der Waals surface area contributed by atoms with Gasteiger partial charge in [0.1, 0.15) is 0 Å². The fourth-order valence-corrected chi connectivity index (χ4v) is 2.78. The van der Waals surface area contributed by atoms with Crippen molar-refractivity contribution in [2.75, 3.05) is 26.7 Å². The summed E-state index contributed by atoms with van der Waals surface area (Å²) >= 11 is 6.17. The van der Waals surface area contributed by atoms with E-state index in [2.05, 4.69) is 34.5 Å². The molecule has 0 radical (unpaired) electrons. The van der Waals surface area contributed by atoms with E-state index in [0.717, 1.165) is 29.6 Å². The number of guanidine groups is 1. The lowest BCUT2D eigenvalue weighted by Crippen LogP contribution is -2.44. The van der Waals surface area contributed by atoms with Gasteiger partial charge in [0, 0.05) is 24.2 Å². The average Bonchev–Trinajstić information content (AvgIpc) is 2.89. The van der Waals surface area contributed by atoms with Crippen LogP contribution in [0.25, 0.3) is 0 Å². The summed E-state index contributed by atoms with van der Waals surface area (Å²) in [6.45, 7) is 5.66. The second-order valence-electron chi connectivity index (χ2n) is 5.44. The average molecular weight is 309 g/mol. The van der Waals surface area contributed by atoms with Gasteiger partial charge in [-0.3, -0.25) is 0 Å². The normalized spacial score (nSPS) is 19.8. The van der Waals surface area contributed by atoms with Gasteiger partial charge in [-0.05, 0) is 45.0 Å². The maximum Gasteiger partial charge on any atom is 0.191 e. The summed E-state index contributed by atoms with van der Waals surface area (Å²) in [4.78, 5) is 7.03. The largest absolute Gasteiger partial charge is 0.357 e. The van der Waals surface area contributed by atoms with Gasteiger partial charge in [-0.1, -0.05) is 29.8 Å². The Morgan fingerprint density at radius 1 is 1.38 bits per heavy atom. The van der Waals surface area contributed by atoms with Gasteiger partial charge >= 0.3 is 0 Å². The molecule has 1 aliphatic rings. The van der Waals surface area contributed by atoms with Crippen LogP contribution in [0.15, 0.2) is 29.3 Å². The maximum absolute atomic E-state index is 6.17. The second kappa shape index (κ2) is 8.25. The maximum atomic E-state index is 6.17. The number of hydrogen-bond acceptors (Lipinski definition) is 2. The number of hydrogen-bond donors (Lipinski definition) is 2. The molecule has 1 fully saturated rings. The summed E-state index contributed by atoms with van der Waals surface area (Å²) in [5.41, 5.74) is 1.05. The molecule has 4 nitrogen and oxygen atoms in total. The van der Waals surface area contributed by atoms with E-state index in [9.17, 15) is 0 Å². The Labute approximate surface area is 132 Å². The lowest BCUT2D eigenvalue weighted by atomic mass is 10.2. The summed E-state index contributed by atoms with van der Waals surface area (Å²) in [7, 11) is 2.19. The number of likely N-dealkylation sites (tertiary alicyclic amines) is 1. The van der Waals surface area contributed by atoms with Gasteiger partial charge in [0.05, 0.1) is 6.54 Å². The molecule has 1 heterocycles. The zero-order valence-corrected chi connectivity index (χ0v) is 13.7. The molecule has 0 aliphatic carbocycles. The first-order chi connectivity index (χ1) is 10.2. The first kappa shape index (κ1) is 16.1. The van der Waals surface area contributed by atoms with Gasteiger partial charge in [-0.25, -0.2) is 4.99 Å². The standard InChI is InChI=1S/C16H25ClN4/c1-3-18-16(20-12-14-8-6-10-21(14)2)19-11-13-7-4-5-9-15(13)17/h4-5,7,9,14H,3,6,8,10-12H2,1-2H3,(H2,18,19,20). The monoisotopic (exact) mass is 308 g/mol. The van der Waals surface area contributed by atoms with Crippen molar-refractivity contribution < 1.29 is 0 Å². The lowest BCUT2D eigenvalue weighted by Gasteiger charge is -2.21. The highest BCUT2D eigenvalue weighted by atomic mass is 35.5. The van der Waals surface area contributed by atoms with Crippen LogP contribution in [-0.2, 0) is 6.54 Å². The van der Waals surface area contributed by atoms with Crippen LogP contribution in [0.3, 0.4) is 0 Å². The van der Waals surface area contributed by atoms with Gasteiger partial charge in [0.2, 0.25) is 0 Å². The number of nitrogens with zero attached hydrogens (tertiary/aromatic N) is 2. The molecule has 5 heteroatoms. The van der Waals surface area contributed by atoms with Crippen molar-refractivity contribution in [1.29, 1.82) is 0 Å². The van der Waals surface area contributed by atoms with Gasteiger partial charge in [-0.2, -0.15) is 0 Å². The van der Waals surface area contributed by atoms with Crippen LogP contribution < -0.4 is 10.6 Å². The molecule has 2 rings (SSSR count). The van der Waals surface area contributed by atoms with E-state index in [1.165, 1.54) is 19.4 Å². The summed E-state index contributed by atoms with van der Waals surface area (Å²) in [6, 6.07) is 8.45. The lowest BCUT2D eigenvalue weighted by molar-refractivity contribution is 0.309. The van der Waals surface area contributed by atoms with E-state index < -0.39 is 0 Å². The molecular formula is C16H25ClN4. The zero-order chi connectivity index (χ0) is 15.1. The summed E-state index contributed by atoms with van der Waals surface area (Å²) in [6.07, 6.45) is 2.55. The third-order valence-electron chi connectivity index (χ3n) is 3.89. The van der Waals surface area contributed by atoms with Crippen molar-refractivity contribution in [3.8, 4) is 0 Å². The van der Waals surface area contributed by atoms with Crippen LogP contribution in [0.1, 0.15) is 25.3 Å². The first-order valence-electron chi connectivity index (χ1n) is 7.66. The van der Waals surface area contributed by atoms with Gasteiger partial charge in [0.15, 0.2) is 5.96 Å². The minimum Gasteiger partial charge on any atom is -0.357 e. The summed E-state index contributed by atoms with van der Waals surface area (Å²) < 4.78 is 0. The number of likely N-dealkylation sites (N-methyl/N-ethyl adjacent to an activating group) is 1. The van der Waals surface area contributed by atoms with Gasteiger partial charge < -0.3 is 15.5 Å². The van der Waals surface area contributed by atoms with E-state index in [1.807, 2.05) is 24.3 Å². The highest BCUT2D eigenvalue weighted by molar-refractivity contribution is 6.31. The van der Waals surface area contributed by atoms with Crippen LogP contribution in [0.5, 0.6) is 0 Å². The van der Waals surface area contributed by atoms with Crippen LogP contribution in [0.2, 0.25) is 5.02 Å². The van der Waals surface area contributed by atoms with Crippen molar-refractivity contribution in [3.05, 3.63) is 34.9 Å². The van der Waals surface area contributed by atoms with E-state index in [4.69, 9.17) is 11.6 Å². The smallest absolute Gasteiger partial charge is 0.191 e. The van der Waals surface area contributed by atoms with Crippen molar-refractivity contribution in [3.63, 3.8) is 0 Å². The molecule has 0 amide bonds. The fraction of sp³-hybridized carbons (Fsp3) is 0.562. The number of rotatable bonds is 5. The highest BCUT2D eigenvalue weighted by Gasteiger charge is 2.20. The van der Waals surface area contributed by atoms with Crippen LogP contribution >= 0.6 is 11.6 Å². The molecule has 1 aromatic carbocycles. The summed E-state index contributed by atoms with van der Waals surface area (Å²) in [5, 5.41) is 7.50. The molecule has 0 bridgehead atoms. The molecule has 0 spiro atoms. The molecule has 0 saturated carbocycles. The predicted octanol–water partition coefficient (Wildman–Crippen LogP) is 2.49. The minimum absolute atomic E-state index is 0.593. The third kappa shape index (κ3) is 4.90. The van der Waals surface area contributed by atoms with Gasteiger partial charge in [0.25, 0.3) is 0 Å². The molecule has 116 valence electrons. The number of nitrogens with one attached hydrogen (secondary N) is 2. The Kier molecular flexibility index (Phi) is 6.33. The van der Waals surface area contributed by atoms with Crippen molar-refractivity contribution >= 4 is 17.6 Å². The molecule has 21 heavy (non-hydrogen) atoms. The second-order valence-corrected chi connectivity index (χ2v) is 5.85. The molecule has 1 saturated heterocycles. The Morgan fingerprint density at radius 2 is 2.19 bits per heavy atom. The first-order valence-corrected chi connectivity index (χ1v) is 8.04. The quantitative estimate of drug-likeness (QED) is 0.648. The van der Waals surface area contributed by atoms with E-state index in [-0.39, 0.29) is 0 Å². The highest BCUT2D eigenvalue weighted by Crippen LogP contribution is 2.16. The minimum atomic E-state index is 0.593. The Morgan fingerprint density at radius 3 is 2.86 bits per heavy atom. The molecule has 2 N–H and O–H groups in total. The van der Waals surface area contributed by atoms with Gasteiger partial charge in [-0.15, -0.1) is 0 Å². The SMILES string of the molecule is CCNC(=NCc1ccccc1Cl)NCC1CCCN1C. The molecule has 1 aromatic rings. The molecule has 1 aliphatic heterocycles. The van der Waals surface area contributed by atoms with Crippen molar-refractivity contribution in [2.45, 2.75) is 32.4 Å². The molecule has 1 atom stereocenters. The van der Waals surface area contributed by atoms with Crippen molar-refractivity contribution in [2.24, 2.45) is 4.99 Å². The molecule has 1 unspecified atom stereocenters. The number of halogens is 1.